The Morgan fingerprint density at radius 3 is 2.50 bits per heavy atom. The summed E-state index contributed by atoms with van der Waals surface area (Å²) in [5.74, 6) is 1.25. The quantitative estimate of drug-likeness (QED) is 0.485. The molecule has 3 nitrogen and oxygen atoms in total. The van der Waals surface area contributed by atoms with Gasteiger partial charge in [0, 0.05) is 24.5 Å². The highest BCUT2D eigenvalue weighted by atomic mass is 33.1. The standard InChI is InChI=1S/C11H22O3S2/c1-4-14-11(2,3)7-9-16-15-8-5-6-10(12)13/h4-9H2,1-3H3,(H,12,13). The highest BCUT2D eigenvalue weighted by Gasteiger charge is 2.16. The zero-order chi connectivity index (χ0) is 12.4. The van der Waals surface area contributed by atoms with Crippen LogP contribution in [0.1, 0.15) is 40.0 Å². The first-order valence-corrected chi connectivity index (χ1v) is 8.07. The molecule has 0 aromatic rings. The van der Waals surface area contributed by atoms with E-state index < -0.39 is 5.97 Å². The van der Waals surface area contributed by atoms with Crippen LogP contribution in [0.5, 0.6) is 0 Å². The van der Waals surface area contributed by atoms with Crippen molar-refractivity contribution in [1.29, 1.82) is 0 Å². The molecule has 0 amide bonds. The number of hydrogen-bond acceptors (Lipinski definition) is 4. The van der Waals surface area contributed by atoms with Gasteiger partial charge in [-0.15, -0.1) is 0 Å². The topological polar surface area (TPSA) is 46.5 Å². The van der Waals surface area contributed by atoms with Crippen molar-refractivity contribution in [1.82, 2.24) is 0 Å². The molecular formula is C11H22O3S2. The van der Waals surface area contributed by atoms with E-state index in [4.69, 9.17) is 9.84 Å². The van der Waals surface area contributed by atoms with Crippen LogP contribution in [0.4, 0.5) is 0 Å². The normalized spacial score (nSPS) is 11.7. The second-order valence-electron chi connectivity index (χ2n) is 4.08. The van der Waals surface area contributed by atoms with E-state index in [-0.39, 0.29) is 12.0 Å². The van der Waals surface area contributed by atoms with Crippen molar-refractivity contribution in [2.24, 2.45) is 0 Å². The van der Waals surface area contributed by atoms with Crippen molar-refractivity contribution in [2.45, 2.75) is 45.6 Å². The molecule has 0 aromatic carbocycles. The zero-order valence-corrected chi connectivity index (χ0v) is 12.0. The fraction of sp³-hybridized carbons (Fsp3) is 0.909. The van der Waals surface area contributed by atoms with E-state index in [9.17, 15) is 4.79 Å². The summed E-state index contributed by atoms with van der Waals surface area (Å²) in [5, 5.41) is 8.45. The van der Waals surface area contributed by atoms with Crippen LogP contribution in [0, 0.1) is 0 Å². The van der Waals surface area contributed by atoms with Gasteiger partial charge in [-0.2, -0.15) is 0 Å². The Kier molecular flexibility index (Phi) is 9.26. The van der Waals surface area contributed by atoms with E-state index in [2.05, 4.69) is 13.8 Å². The first-order valence-electron chi connectivity index (χ1n) is 5.58. The van der Waals surface area contributed by atoms with Gasteiger partial charge >= 0.3 is 5.97 Å². The summed E-state index contributed by atoms with van der Waals surface area (Å²) in [4.78, 5) is 10.3. The summed E-state index contributed by atoms with van der Waals surface area (Å²) in [6, 6.07) is 0. The molecule has 0 heterocycles. The predicted octanol–water partition coefficient (Wildman–Crippen LogP) is 3.44. The summed E-state index contributed by atoms with van der Waals surface area (Å²) in [6.07, 6.45) is 2.05. The molecule has 96 valence electrons. The molecule has 0 saturated carbocycles. The van der Waals surface area contributed by atoms with Gasteiger partial charge in [-0.1, -0.05) is 21.6 Å². The second kappa shape index (κ2) is 9.19. The molecular weight excluding hydrogens is 244 g/mol. The smallest absolute Gasteiger partial charge is 0.303 e. The molecule has 0 unspecified atom stereocenters. The number of ether oxygens (including phenoxy) is 1. The van der Waals surface area contributed by atoms with Gasteiger partial charge in [-0.25, -0.2) is 0 Å². The summed E-state index contributed by atoms with van der Waals surface area (Å²) in [6.45, 7) is 6.97. The van der Waals surface area contributed by atoms with E-state index >= 15 is 0 Å². The van der Waals surface area contributed by atoms with Crippen LogP contribution in [0.2, 0.25) is 0 Å². The molecule has 5 heteroatoms. The molecule has 0 aliphatic heterocycles. The van der Waals surface area contributed by atoms with Crippen LogP contribution < -0.4 is 0 Å². The number of rotatable bonds is 10. The van der Waals surface area contributed by atoms with Crippen molar-refractivity contribution < 1.29 is 14.6 Å². The number of carbonyl (C=O) groups is 1. The summed E-state index contributed by atoms with van der Waals surface area (Å²) in [7, 11) is 3.55. The number of hydrogen-bond donors (Lipinski definition) is 1. The molecule has 0 aliphatic carbocycles. The third kappa shape index (κ3) is 10.6. The van der Waals surface area contributed by atoms with Gasteiger partial charge in [0.2, 0.25) is 0 Å². The second-order valence-corrected chi connectivity index (χ2v) is 6.79. The maximum absolute atomic E-state index is 10.3. The van der Waals surface area contributed by atoms with Gasteiger partial charge in [0.05, 0.1) is 5.60 Å². The van der Waals surface area contributed by atoms with Crippen molar-refractivity contribution in [3.05, 3.63) is 0 Å². The van der Waals surface area contributed by atoms with Crippen molar-refractivity contribution in [3.63, 3.8) is 0 Å². The Morgan fingerprint density at radius 1 is 1.31 bits per heavy atom. The van der Waals surface area contributed by atoms with Crippen LogP contribution in [0.3, 0.4) is 0 Å². The van der Waals surface area contributed by atoms with Crippen LogP contribution in [0.25, 0.3) is 0 Å². The Hall–Kier alpha value is 0.130. The van der Waals surface area contributed by atoms with Crippen LogP contribution >= 0.6 is 21.6 Å². The van der Waals surface area contributed by atoms with E-state index in [1.807, 2.05) is 6.92 Å². The van der Waals surface area contributed by atoms with Gasteiger partial charge in [-0.05, 0) is 33.6 Å². The van der Waals surface area contributed by atoms with E-state index in [1.165, 1.54) is 0 Å². The molecule has 0 aromatic heterocycles. The highest BCUT2D eigenvalue weighted by Crippen LogP contribution is 2.26. The molecule has 1 N–H and O–H groups in total. The van der Waals surface area contributed by atoms with Gasteiger partial charge < -0.3 is 9.84 Å². The average molecular weight is 266 g/mol. The fourth-order valence-electron chi connectivity index (χ4n) is 1.15. The van der Waals surface area contributed by atoms with E-state index in [0.29, 0.717) is 0 Å². The molecule has 0 fully saturated rings. The SMILES string of the molecule is CCOC(C)(C)CCSSCCCC(=O)O. The Morgan fingerprint density at radius 2 is 1.94 bits per heavy atom. The summed E-state index contributed by atoms with van der Waals surface area (Å²) < 4.78 is 5.59. The minimum atomic E-state index is -0.705. The largest absolute Gasteiger partial charge is 0.481 e. The van der Waals surface area contributed by atoms with Crippen molar-refractivity contribution >= 4 is 27.6 Å². The maximum Gasteiger partial charge on any atom is 0.303 e. The summed E-state index contributed by atoms with van der Waals surface area (Å²) >= 11 is 0. The van der Waals surface area contributed by atoms with E-state index in [1.54, 1.807) is 21.6 Å². The van der Waals surface area contributed by atoms with Gasteiger partial charge in [0.15, 0.2) is 0 Å². The molecule has 0 aliphatic rings. The molecule has 0 rings (SSSR count). The predicted molar refractivity (Wildman–Crippen MR) is 72.1 cm³/mol. The average Bonchev–Trinajstić information content (AvgIpc) is 2.15. The molecule has 0 bridgehead atoms. The number of carboxylic acid groups (broad SMARTS) is 1. The molecule has 0 atom stereocenters. The van der Waals surface area contributed by atoms with Crippen LogP contribution in [-0.2, 0) is 9.53 Å². The lowest BCUT2D eigenvalue weighted by Crippen LogP contribution is -2.24. The Balaban J connectivity index is 3.29. The third-order valence-corrected chi connectivity index (χ3v) is 4.52. The van der Waals surface area contributed by atoms with Gasteiger partial charge in [0.25, 0.3) is 0 Å². The fourth-order valence-corrected chi connectivity index (χ4v) is 3.53. The molecule has 0 spiro atoms. The monoisotopic (exact) mass is 266 g/mol. The number of aliphatic carboxylic acids is 1. The zero-order valence-electron chi connectivity index (χ0n) is 10.3. The lowest BCUT2D eigenvalue weighted by molar-refractivity contribution is -0.137. The van der Waals surface area contributed by atoms with Crippen LogP contribution in [-0.4, -0.2) is 34.8 Å². The van der Waals surface area contributed by atoms with Gasteiger partial charge in [-0.3, -0.25) is 4.79 Å². The lowest BCUT2D eigenvalue weighted by atomic mass is 10.1. The Labute approximate surface area is 106 Å². The van der Waals surface area contributed by atoms with Crippen molar-refractivity contribution in [2.75, 3.05) is 18.1 Å². The highest BCUT2D eigenvalue weighted by molar-refractivity contribution is 8.76. The lowest BCUT2D eigenvalue weighted by Gasteiger charge is -2.24. The first-order chi connectivity index (χ1) is 7.48. The third-order valence-electron chi connectivity index (χ3n) is 2.02. The molecule has 16 heavy (non-hydrogen) atoms. The minimum Gasteiger partial charge on any atom is -0.481 e. The first kappa shape index (κ1) is 16.1. The summed E-state index contributed by atoms with van der Waals surface area (Å²) in [5.41, 5.74) is -0.0383. The van der Waals surface area contributed by atoms with E-state index in [0.717, 1.165) is 31.0 Å². The Bertz CT molecular complexity index is 196. The van der Waals surface area contributed by atoms with Gasteiger partial charge in [0.1, 0.15) is 0 Å². The van der Waals surface area contributed by atoms with Crippen molar-refractivity contribution in [3.8, 4) is 0 Å². The van der Waals surface area contributed by atoms with Crippen LogP contribution in [0.15, 0.2) is 0 Å². The molecule has 0 radical (unpaired) electrons. The maximum atomic E-state index is 10.3. The number of carboxylic acids is 1. The molecule has 0 saturated heterocycles. The minimum absolute atomic E-state index is 0.0383.